The Bertz CT molecular complexity index is 311. The molecule has 1 fully saturated rings. The van der Waals surface area contributed by atoms with Gasteiger partial charge < -0.3 is 9.63 Å². The van der Waals surface area contributed by atoms with Gasteiger partial charge in [0, 0.05) is 19.2 Å². The molecule has 4 heteroatoms. The lowest BCUT2D eigenvalue weighted by molar-refractivity contribution is 0.239. The van der Waals surface area contributed by atoms with Crippen LogP contribution in [0, 0.1) is 12.8 Å². The van der Waals surface area contributed by atoms with E-state index in [1.54, 1.807) is 0 Å². The number of nitrogens with zero attached hydrogens (tertiary/aromatic N) is 2. The molecule has 1 aromatic heterocycles. The van der Waals surface area contributed by atoms with Crippen LogP contribution in [0.2, 0.25) is 0 Å². The Hall–Kier alpha value is -0.870. The van der Waals surface area contributed by atoms with Crippen molar-refractivity contribution in [2.24, 2.45) is 5.92 Å². The molecule has 1 unspecified atom stereocenters. The van der Waals surface area contributed by atoms with Crippen LogP contribution < -0.4 is 0 Å². The van der Waals surface area contributed by atoms with Gasteiger partial charge in [-0.3, -0.25) is 4.90 Å². The first-order valence-electron chi connectivity index (χ1n) is 5.53. The lowest BCUT2D eigenvalue weighted by Gasteiger charge is -2.13. The second kappa shape index (κ2) is 4.77. The van der Waals surface area contributed by atoms with Crippen molar-refractivity contribution in [3.63, 3.8) is 0 Å². The van der Waals surface area contributed by atoms with E-state index >= 15 is 0 Å². The molecule has 1 aromatic rings. The molecule has 1 aliphatic rings. The number of aromatic nitrogens is 1. The van der Waals surface area contributed by atoms with Crippen LogP contribution >= 0.6 is 0 Å². The highest BCUT2D eigenvalue weighted by atomic mass is 16.5. The molecule has 0 aromatic carbocycles. The van der Waals surface area contributed by atoms with E-state index in [1.807, 2.05) is 13.0 Å². The van der Waals surface area contributed by atoms with E-state index in [1.165, 1.54) is 6.42 Å². The van der Waals surface area contributed by atoms with E-state index in [9.17, 15) is 0 Å². The van der Waals surface area contributed by atoms with Crippen LogP contribution in [0.25, 0.3) is 0 Å². The first kappa shape index (κ1) is 10.6. The third kappa shape index (κ3) is 2.79. The topological polar surface area (TPSA) is 49.5 Å². The van der Waals surface area contributed by atoms with Crippen molar-refractivity contribution >= 4 is 0 Å². The maximum atomic E-state index is 8.86. The van der Waals surface area contributed by atoms with Gasteiger partial charge in [-0.1, -0.05) is 5.16 Å². The fourth-order valence-corrected chi connectivity index (χ4v) is 2.19. The zero-order valence-electron chi connectivity index (χ0n) is 9.15. The summed E-state index contributed by atoms with van der Waals surface area (Å²) in [6, 6.07) is 1.99. The molecule has 84 valence electrons. The lowest BCUT2D eigenvalue weighted by Crippen LogP contribution is -2.20. The summed E-state index contributed by atoms with van der Waals surface area (Å²) in [7, 11) is 0. The molecule has 1 atom stereocenters. The molecule has 0 spiro atoms. The molecule has 1 N–H and O–H groups in total. The number of likely N-dealkylation sites (tertiary alicyclic amines) is 1. The number of aliphatic hydroxyl groups is 1. The maximum absolute atomic E-state index is 8.86. The van der Waals surface area contributed by atoms with E-state index in [2.05, 4.69) is 10.1 Å². The van der Waals surface area contributed by atoms with Crippen LogP contribution in [-0.4, -0.2) is 34.9 Å². The molecular weight excluding hydrogens is 192 g/mol. The summed E-state index contributed by atoms with van der Waals surface area (Å²) in [4.78, 5) is 2.36. The monoisotopic (exact) mass is 210 g/mol. The van der Waals surface area contributed by atoms with E-state index in [4.69, 9.17) is 9.63 Å². The van der Waals surface area contributed by atoms with Crippen molar-refractivity contribution < 1.29 is 9.63 Å². The Morgan fingerprint density at radius 2 is 2.53 bits per heavy atom. The molecule has 4 nitrogen and oxygen atoms in total. The third-order valence-electron chi connectivity index (χ3n) is 2.96. The predicted octanol–water partition coefficient (Wildman–Crippen LogP) is 1.19. The fourth-order valence-electron chi connectivity index (χ4n) is 2.19. The molecule has 1 saturated heterocycles. The van der Waals surface area contributed by atoms with Crippen LogP contribution in [0.1, 0.15) is 24.3 Å². The molecule has 1 aliphatic heterocycles. The van der Waals surface area contributed by atoms with Crippen molar-refractivity contribution in [1.82, 2.24) is 10.1 Å². The SMILES string of the molecule is Cc1cc(CN2CCC(CCO)C2)on1. The van der Waals surface area contributed by atoms with Crippen molar-refractivity contribution in [2.75, 3.05) is 19.7 Å². The minimum atomic E-state index is 0.305. The highest BCUT2D eigenvalue weighted by molar-refractivity contribution is 5.03. The molecule has 2 rings (SSSR count). The fraction of sp³-hybridized carbons (Fsp3) is 0.727. The number of hydrogen-bond acceptors (Lipinski definition) is 4. The standard InChI is InChI=1S/C11H18N2O2/c1-9-6-11(15-12-9)8-13-4-2-10(7-13)3-5-14/h6,10,14H,2-5,7-8H2,1H3. The van der Waals surface area contributed by atoms with Gasteiger partial charge in [-0.15, -0.1) is 0 Å². The second-order valence-electron chi connectivity index (χ2n) is 4.34. The Kier molecular flexibility index (Phi) is 3.38. The third-order valence-corrected chi connectivity index (χ3v) is 2.96. The molecule has 0 amide bonds. The molecule has 15 heavy (non-hydrogen) atoms. The summed E-state index contributed by atoms with van der Waals surface area (Å²) < 4.78 is 5.18. The van der Waals surface area contributed by atoms with Crippen LogP contribution in [0.3, 0.4) is 0 Å². The molecular formula is C11H18N2O2. The largest absolute Gasteiger partial charge is 0.396 e. The second-order valence-corrected chi connectivity index (χ2v) is 4.34. The van der Waals surface area contributed by atoms with E-state index < -0.39 is 0 Å². The highest BCUT2D eigenvalue weighted by Gasteiger charge is 2.22. The Labute approximate surface area is 89.9 Å². The van der Waals surface area contributed by atoms with E-state index in [-0.39, 0.29) is 0 Å². The molecule has 0 aliphatic carbocycles. The molecule has 0 radical (unpaired) electrons. The van der Waals surface area contributed by atoms with Gasteiger partial charge in [-0.2, -0.15) is 0 Å². The average Bonchev–Trinajstić information content (AvgIpc) is 2.78. The quantitative estimate of drug-likeness (QED) is 0.811. The summed E-state index contributed by atoms with van der Waals surface area (Å²) in [5.41, 5.74) is 0.941. The molecule has 2 heterocycles. The smallest absolute Gasteiger partial charge is 0.150 e. The number of aryl methyl sites for hydroxylation is 1. The van der Waals surface area contributed by atoms with Gasteiger partial charge >= 0.3 is 0 Å². The zero-order chi connectivity index (χ0) is 10.7. The molecule has 0 bridgehead atoms. The number of aliphatic hydroxyl groups excluding tert-OH is 1. The van der Waals surface area contributed by atoms with Gasteiger partial charge in [0.05, 0.1) is 12.2 Å². The highest BCUT2D eigenvalue weighted by Crippen LogP contribution is 2.21. The van der Waals surface area contributed by atoms with Crippen molar-refractivity contribution in [2.45, 2.75) is 26.3 Å². The van der Waals surface area contributed by atoms with Crippen LogP contribution in [-0.2, 0) is 6.54 Å². The van der Waals surface area contributed by atoms with Gasteiger partial charge in [-0.05, 0) is 32.2 Å². The first-order valence-corrected chi connectivity index (χ1v) is 5.53. The maximum Gasteiger partial charge on any atom is 0.150 e. The van der Waals surface area contributed by atoms with E-state index in [0.29, 0.717) is 12.5 Å². The van der Waals surface area contributed by atoms with Gasteiger partial charge in [0.25, 0.3) is 0 Å². The Balaban J connectivity index is 1.82. The zero-order valence-corrected chi connectivity index (χ0v) is 9.15. The average molecular weight is 210 g/mol. The molecule has 0 saturated carbocycles. The summed E-state index contributed by atoms with van der Waals surface area (Å²) >= 11 is 0. The minimum absolute atomic E-state index is 0.305. The van der Waals surface area contributed by atoms with Gasteiger partial charge in [0.1, 0.15) is 0 Å². The van der Waals surface area contributed by atoms with Crippen LogP contribution in [0.15, 0.2) is 10.6 Å². The number of hydrogen-bond donors (Lipinski definition) is 1. The summed E-state index contributed by atoms with van der Waals surface area (Å²) in [6.45, 7) is 5.26. The minimum Gasteiger partial charge on any atom is -0.396 e. The lowest BCUT2D eigenvalue weighted by atomic mass is 10.1. The van der Waals surface area contributed by atoms with Crippen molar-refractivity contribution in [3.05, 3.63) is 17.5 Å². The Morgan fingerprint density at radius 3 is 3.20 bits per heavy atom. The van der Waals surface area contributed by atoms with Crippen LogP contribution in [0.4, 0.5) is 0 Å². The number of rotatable bonds is 4. The normalized spacial score (nSPS) is 22.4. The van der Waals surface area contributed by atoms with Gasteiger partial charge in [0.15, 0.2) is 5.76 Å². The summed E-state index contributed by atoms with van der Waals surface area (Å²) in [5.74, 6) is 1.59. The van der Waals surface area contributed by atoms with E-state index in [0.717, 1.165) is 37.5 Å². The summed E-state index contributed by atoms with van der Waals surface area (Å²) in [5, 5.41) is 12.7. The van der Waals surface area contributed by atoms with Gasteiger partial charge in [0.2, 0.25) is 0 Å². The summed E-state index contributed by atoms with van der Waals surface area (Å²) in [6.07, 6.45) is 2.11. The van der Waals surface area contributed by atoms with Crippen LogP contribution in [0.5, 0.6) is 0 Å². The van der Waals surface area contributed by atoms with Crippen molar-refractivity contribution in [1.29, 1.82) is 0 Å². The Morgan fingerprint density at radius 1 is 1.67 bits per heavy atom. The first-order chi connectivity index (χ1) is 7.28. The van der Waals surface area contributed by atoms with Crippen molar-refractivity contribution in [3.8, 4) is 0 Å². The van der Waals surface area contributed by atoms with Gasteiger partial charge in [-0.25, -0.2) is 0 Å². The predicted molar refractivity (Wildman–Crippen MR) is 56.3 cm³/mol.